The number of carboxylic acid groups (broad SMARTS) is 2. The smallest absolute Gasteiger partial charge is 0.478 e. The molecule has 0 fully saturated rings. The van der Waals surface area contributed by atoms with Crippen LogP contribution < -0.4 is 0 Å². The van der Waals surface area contributed by atoms with Gasteiger partial charge in [-0.1, -0.05) is 13.1 Å². The van der Waals surface area contributed by atoms with Crippen molar-refractivity contribution in [2.24, 2.45) is 0 Å². The molecule has 2 N–H and O–H groups in total. The molecule has 0 bridgehead atoms. The predicted octanol–water partition coefficient (Wildman–Crippen LogP) is 6.20. The Hall–Kier alpha value is -2.87. The van der Waals surface area contributed by atoms with Crippen LogP contribution in [0.2, 0.25) is 13.1 Å². The molecule has 2 aliphatic rings. The van der Waals surface area contributed by atoms with Crippen LogP contribution in [0.25, 0.3) is 0 Å². The molecule has 2 aromatic rings. The van der Waals surface area contributed by atoms with Crippen LogP contribution in [0.1, 0.15) is 33.6 Å². The molecule has 0 radical (unpaired) electrons. The summed E-state index contributed by atoms with van der Waals surface area (Å²) in [5.41, 5.74) is 0.197. The molecule has 8 heteroatoms. The number of aromatic carboxylic acids is 2. The van der Waals surface area contributed by atoms with E-state index in [9.17, 15) is 18.4 Å². The summed E-state index contributed by atoms with van der Waals surface area (Å²) in [6, 6.07) is 9.34. The number of carbonyl (C=O) groups is 2. The molecule has 0 aliphatic heterocycles. The standard InChI is InChI=1S/C12H14Si.2C7H5FO2.Ti/c1-13(2,11-7-3-4-8-11)12-9-5-6-10-12;2*8-6-3-1-5(2-4-6)7(9)10;/h3,5,7,9H,4,6H2,1-2H3;2*1-4H,(H,9,10);/q-2;;;+2. The Bertz CT molecular complexity index is 1020. The third kappa shape index (κ3) is 8.82. The summed E-state index contributed by atoms with van der Waals surface area (Å²) in [4.78, 5) is 20.4. The third-order valence-electron chi connectivity index (χ3n) is 4.92. The fourth-order valence-corrected chi connectivity index (χ4v) is 5.45. The molecular formula is C26H24F2O4SiTi. The number of hydrogen-bond acceptors (Lipinski definition) is 2. The van der Waals surface area contributed by atoms with Crippen LogP contribution in [0.15, 0.2) is 83.2 Å². The van der Waals surface area contributed by atoms with Gasteiger partial charge in [0.25, 0.3) is 0 Å². The van der Waals surface area contributed by atoms with Crippen LogP contribution in [-0.4, -0.2) is 30.2 Å². The van der Waals surface area contributed by atoms with Crippen LogP contribution in [0.5, 0.6) is 0 Å². The predicted molar refractivity (Wildman–Crippen MR) is 125 cm³/mol. The Morgan fingerprint density at radius 1 is 0.735 bits per heavy atom. The maximum Gasteiger partial charge on any atom is 2.00 e. The van der Waals surface area contributed by atoms with E-state index in [2.05, 4.69) is 49.6 Å². The quantitative estimate of drug-likeness (QED) is 0.377. The second-order valence-corrected chi connectivity index (χ2v) is 12.0. The number of halogens is 2. The van der Waals surface area contributed by atoms with E-state index in [-0.39, 0.29) is 32.8 Å². The molecule has 0 amide bonds. The van der Waals surface area contributed by atoms with Gasteiger partial charge in [0.2, 0.25) is 0 Å². The minimum atomic E-state index is -1.40. The fraction of sp³-hybridized carbons (Fsp3) is 0.154. The van der Waals surface area contributed by atoms with Crippen molar-refractivity contribution in [1.82, 2.24) is 0 Å². The minimum Gasteiger partial charge on any atom is -0.478 e. The first-order chi connectivity index (χ1) is 15.6. The van der Waals surface area contributed by atoms with Crippen molar-refractivity contribution in [2.45, 2.75) is 25.9 Å². The molecule has 34 heavy (non-hydrogen) atoms. The summed E-state index contributed by atoms with van der Waals surface area (Å²) in [7, 11) is -1.40. The molecule has 0 atom stereocenters. The van der Waals surface area contributed by atoms with Gasteiger partial charge in [0, 0.05) is 8.07 Å². The SMILES string of the molecule is C[Si](C)(C1=[C-]CC=C1)C1=[C-]CC=C1.O=C(O)c1ccc(F)cc1.O=C(O)c1ccc(F)cc1.[Ti+2]. The molecular weight excluding hydrogens is 490 g/mol. The summed E-state index contributed by atoms with van der Waals surface area (Å²) in [6.45, 7) is 4.76. The summed E-state index contributed by atoms with van der Waals surface area (Å²) < 4.78 is 24.3. The Balaban J connectivity index is 0.000000255. The van der Waals surface area contributed by atoms with E-state index in [0.717, 1.165) is 37.1 Å². The van der Waals surface area contributed by atoms with Crippen molar-refractivity contribution in [1.29, 1.82) is 0 Å². The van der Waals surface area contributed by atoms with Gasteiger partial charge in [0.05, 0.1) is 11.1 Å². The van der Waals surface area contributed by atoms with Crippen molar-refractivity contribution < 1.29 is 50.3 Å². The molecule has 0 saturated heterocycles. The second-order valence-electron chi connectivity index (χ2n) is 7.64. The zero-order chi connectivity index (χ0) is 24.4. The third-order valence-corrected chi connectivity index (χ3v) is 8.30. The van der Waals surface area contributed by atoms with E-state index in [1.54, 1.807) is 0 Å². The van der Waals surface area contributed by atoms with E-state index in [0.29, 0.717) is 0 Å². The Kier molecular flexibility index (Phi) is 11.8. The number of hydrogen-bond donors (Lipinski definition) is 2. The molecule has 2 aliphatic carbocycles. The van der Waals surface area contributed by atoms with Gasteiger partial charge < -0.3 is 10.2 Å². The summed E-state index contributed by atoms with van der Waals surface area (Å²) in [5, 5.41) is 19.6. The van der Waals surface area contributed by atoms with E-state index < -0.39 is 31.6 Å². The van der Waals surface area contributed by atoms with Gasteiger partial charge in [-0.05, 0) is 48.5 Å². The Morgan fingerprint density at radius 3 is 1.29 bits per heavy atom. The molecule has 0 spiro atoms. The maximum absolute atomic E-state index is 12.2. The van der Waals surface area contributed by atoms with Gasteiger partial charge in [-0.3, -0.25) is 12.2 Å². The molecule has 4 rings (SSSR count). The van der Waals surface area contributed by atoms with Gasteiger partial charge in [-0.25, -0.2) is 40.9 Å². The number of rotatable bonds is 4. The van der Waals surface area contributed by atoms with E-state index in [4.69, 9.17) is 10.2 Å². The monoisotopic (exact) mass is 514 g/mol. The van der Waals surface area contributed by atoms with E-state index in [1.807, 2.05) is 0 Å². The first-order valence-corrected chi connectivity index (χ1v) is 13.1. The van der Waals surface area contributed by atoms with Gasteiger partial charge in [0.1, 0.15) is 11.6 Å². The molecule has 0 saturated carbocycles. The molecule has 4 nitrogen and oxygen atoms in total. The van der Waals surface area contributed by atoms with Gasteiger partial charge in [-0.2, -0.15) is 12.2 Å². The fourth-order valence-electron chi connectivity index (χ4n) is 3.00. The normalized spacial score (nSPS) is 13.4. The van der Waals surface area contributed by atoms with Crippen LogP contribution >= 0.6 is 0 Å². The van der Waals surface area contributed by atoms with Crippen molar-refractivity contribution >= 4 is 20.0 Å². The average molecular weight is 514 g/mol. The zero-order valence-electron chi connectivity index (χ0n) is 18.8. The maximum atomic E-state index is 12.2. The van der Waals surface area contributed by atoms with Crippen molar-refractivity contribution in [2.75, 3.05) is 0 Å². The summed E-state index contributed by atoms with van der Waals surface area (Å²) in [5.74, 6) is -2.94. The molecule has 2 aromatic carbocycles. The first-order valence-electron chi connectivity index (χ1n) is 10.1. The van der Waals surface area contributed by atoms with E-state index in [1.165, 1.54) is 34.7 Å². The topological polar surface area (TPSA) is 74.6 Å². The van der Waals surface area contributed by atoms with Crippen LogP contribution in [-0.2, 0) is 21.7 Å². The van der Waals surface area contributed by atoms with Crippen molar-refractivity contribution in [3.8, 4) is 0 Å². The second kappa shape index (κ2) is 13.7. The largest absolute Gasteiger partial charge is 2.00 e. The summed E-state index contributed by atoms with van der Waals surface area (Å²) in [6.07, 6.45) is 17.8. The van der Waals surface area contributed by atoms with Crippen LogP contribution in [0.3, 0.4) is 0 Å². The van der Waals surface area contributed by atoms with E-state index >= 15 is 0 Å². The van der Waals surface area contributed by atoms with Crippen LogP contribution in [0, 0.1) is 23.8 Å². The average Bonchev–Trinajstić information content (AvgIpc) is 3.50. The zero-order valence-corrected chi connectivity index (χ0v) is 21.4. The minimum absolute atomic E-state index is 0. The number of benzene rings is 2. The number of allylic oxidation sites excluding steroid dienone is 8. The molecule has 0 aromatic heterocycles. The molecule has 0 heterocycles. The van der Waals surface area contributed by atoms with Crippen molar-refractivity contribution in [3.63, 3.8) is 0 Å². The Labute approximate surface area is 213 Å². The number of carboxylic acids is 2. The summed E-state index contributed by atoms with van der Waals surface area (Å²) >= 11 is 0. The van der Waals surface area contributed by atoms with Gasteiger partial charge in [0.15, 0.2) is 0 Å². The van der Waals surface area contributed by atoms with Crippen molar-refractivity contribution in [3.05, 3.63) is 118 Å². The van der Waals surface area contributed by atoms with Crippen LogP contribution in [0.4, 0.5) is 8.78 Å². The first kappa shape index (κ1) is 29.2. The molecule has 174 valence electrons. The van der Waals surface area contributed by atoms with Gasteiger partial charge >= 0.3 is 33.7 Å². The molecule has 0 unspecified atom stereocenters. The Morgan fingerprint density at radius 2 is 1.06 bits per heavy atom. The van der Waals surface area contributed by atoms with Gasteiger partial charge in [-0.15, -0.1) is 12.8 Å².